The van der Waals surface area contributed by atoms with Crippen LogP contribution in [0.1, 0.15) is 0 Å². The molecule has 0 radical (unpaired) electrons. The molecule has 0 aliphatic heterocycles. The molecule has 0 atom stereocenters. The molecule has 4 nitrogen and oxygen atoms in total. The first-order valence-corrected chi connectivity index (χ1v) is 5.60. The van der Waals surface area contributed by atoms with Crippen LogP contribution in [0.3, 0.4) is 0 Å². The van der Waals surface area contributed by atoms with Crippen molar-refractivity contribution < 1.29 is 4.74 Å². The Morgan fingerprint density at radius 1 is 1.12 bits per heavy atom. The van der Waals surface area contributed by atoms with E-state index in [4.69, 9.17) is 45.3 Å². The van der Waals surface area contributed by atoms with Crippen LogP contribution in [0, 0.1) is 0 Å². The highest BCUT2D eigenvalue weighted by Gasteiger charge is 2.09. The highest BCUT2D eigenvalue weighted by molar-refractivity contribution is 6.34. The zero-order chi connectivity index (χ0) is 12.4. The average Bonchev–Trinajstić information content (AvgIpc) is 2.28. The number of halogens is 3. The van der Waals surface area contributed by atoms with E-state index >= 15 is 0 Å². The van der Waals surface area contributed by atoms with Gasteiger partial charge in [-0.2, -0.15) is 4.98 Å². The molecule has 2 N–H and O–H groups in total. The number of nitrogens with zero attached hydrogens (tertiary/aromatic N) is 2. The lowest BCUT2D eigenvalue weighted by Crippen LogP contribution is -1.97. The summed E-state index contributed by atoms with van der Waals surface area (Å²) in [4.78, 5) is 7.57. The fourth-order valence-electron chi connectivity index (χ4n) is 1.10. The molecule has 0 saturated carbocycles. The zero-order valence-corrected chi connectivity index (χ0v) is 10.6. The van der Waals surface area contributed by atoms with Gasteiger partial charge in [-0.15, -0.1) is 0 Å². The van der Waals surface area contributed by atoms with E-state index in [1.807, 2.05) is 0 Å². The van der Waals surface area contributed by atoms with Crippen molar-refractivity contribution in [3.63, 3.8) is 0 Å². The van der Waals surface area contributed by atoms with Gasteiger partial charge in [0.2, 0.25) is 11.8 Å². The third-order valence-corrected chi connectivity index (χ3v) is 2.64. The molecule has 0 fully saturated rings. The van der Waals surface area contributed by atoms with Gasteiger partial charge in [0, 0.05) is 11.1 Å². The summed E-state index contributed by atoms with van der Waals surface area (Å²) in [5, 5.41) is 1.11. The van der Waals surface area contributed by atoms with Gasteiger partial charge < -0.3 is 10.5 Å². The number of rotatable bonds is 2. The van der Waals surface area contributed by atoms with Crippen molar-refractivity contribution in [1.82, 2.24) is 9.97 Å². The van der Waals surface area contributed by atoms with Crippen LogP contribution in [0.15, 0.2) is 24.4 Å². The maximum Gasteiger partial charge on any atom is 0.243 e. The molecular formula is C10H6Cl3N3O. The quantitative estimate of drug-likeness (QED) is 0.913. The highest BCUT2D eigenvalue weighted by atomic mass is 35.5. The van der Waals surface area contributed by atoms with Crippen LogP contribution in [0.5, 0.6) is 11.6 Å². The molecule has 88 valence electrons. The van der Waals surface area contributed by atoms with Crippen LogP contribution >= 0.6 is 34.8 Å². The van der Waals surface area contributed by atoms with Crippen molar-refractivity contribution in [1.29, 1.82) is 0 Å². The van der Waals surface area contributed by atoms with Gasteiger partial charge in [0.15, 0.2) is 0 Å². The smallest absolute Gasteiger partial charge is 0.243 e. The number of nitrogens with two attached hydrogens (primary N) is 1. The summed E-state index contributed by atoms with van der Waals surface area (Å²) in [6.07, 6.45) is 1.34. The molecule has 0 unspecified atom stereocenters. The van der Waals surface area contributed by atoms with E-state index in [-0.39, 0.29) is 16.9 Å². The molecule has 0 aliphatic carbocycles. The minimum absolute atomic E-state index is 0.0579. The fourth-order valence-corrected chi connectivity index (χ4v) is 1.54. The predicted octanol–water partition coefficient (Wildman–Crippen LogP) is 3.81. The van der Waals surface area contributed by atoms with E-state index in [1.165, 1.54) is 6.20 Å². The van der Waals surface area contributed by atoms with Crippen molar-refractivity contribution in [3.8, 4) is 11.6 Å². The first kappa shape index (κ1) is 12.2. The predicted molar refractivity (Wildman–Crippen MR) is 68.0 cm³/mol. The molecule has 2 rings (SSSR count). The van der Waals surface area contributed by atoms with Crippen LogP contribution in [-0.2, 0) is 0 Å². The standard InChI is InChI=1S/C10H6Cl3N3O/c11-5-1-2-6(12)8(3-5)17-9-7(13)4-15-10(14)16-9/h1-4H,(H2,14,15,16). The van der Waals surface area contributed by atoms with E-state index in [0.717, 1.165) is 0 Å². The fraction of sp³-hybridized carbons (Fsp3) is 0. The zero-order valence-electron chi connectivity index (χ0n) is 8.32. The molecule has 1 heterocycles. The Labute approximate surface area is 112 Å². The van der Waals surface area contributed by atoms with Crippen molar-refractivity contribution in [2.75, 3.05) is 5.73 Å². The van der Waals surface area contributed by atoms with Gasteiger partial charge in [0.1, 0.15) is 10.8 Å². The molecule has 0 amide bonds. The van der Waals surface area contributed by atoms with E-state index in [1.54, 1.807) is 18.2 Å². The SMILES string of the molecule is Nc1ncc(Cl)c(Oc2cc(Cl)ccc2Cl)n1. The van der Waals surface area contributed by atoms with Crippen LogP contribution in [0.2, 0.25) is 15.1 Å². The largest absolute Gasteiger partial charge is 0.436 e. The Morgan fingerprint density at radius 2 is 1.88 bits per heavy atom. The Balaban J connectivity index is 2.37. The Hall–Kier alpha value is -1.23. The molecule has 1 aromatic carbocycles. The Morgan fingerprint density at radius 3 is 2.65 bits per heavy atom. The minimum atomic E-state index is 0.0579. The third-order valence-electron chi connectivity index (χ3n) is 1.83. The van der Waals surface area contributed by atoms with Gasteiger partial charge in [-0.25, -0.2) is 4.98 Å². The van der Waals surface area contributed by atoms with Crippen molar-refractivity contribution >= 4 is 40.8 Å². The lowest BCUT2D eigenvalue weighted by Gasteiger charge is -2.08. The minimum Gasteiger partial charge on any atom is -0.436 e. The Bertz CT molecular complexity index is 513. The second kappa shape index (κ2) is 4.96. The summed E-state index contributed by atoms with van der Waals surface area (Å²) >= 11 is 17.6. The van der Waals surface area contributed by atoms with Crippen LogP contribution in [0.4, 0.5) is 5.95 Å². The van der Waals surface area contributed by atoms with Crippen molar-refractivity contribution in [2.45, 2.75) is 0 Å². The van der Waals surface area contributed by atoms with Crippen molar-refractivity contribution in [2.24, 2.45) is 0 Å². The molecule has 0 aliphatic rings. The van der Waals surface area contributed by atoms with E-state index < -0.39 is 0 Å². The summed E-state index contributed by atoms with van der Waals surface area (Å²) in [6, 6.07) is 4.81. The van der Waals surface area contributed by atoms with Gasteiger partial charge in [-0.1, -0.05) is 34.8 Å². The van der Waals surface area contributed by atoms with Crippen LogP contribution in [-0.4, -0.2) is 9.97 Å². The Kier molecular flexibility index (Phi) is 3.57. The number of hydrogen-bond donors (Lipinski definition) is 1. The van der Waals surface area contributed by atoms with Gasteiger partial charge in [0.25, 0.3) is 0 Å². The number of benzene rings is 1. The van der Waals surface area contributed by atoms with Gasteiger partial charge in [-0.3, -0.25) is 0 Å². The second-order valence-electron chi connectivity index (χ2n) is 3.06. The van der Waals surface area contributed by atoms with Gasteiger partial charge in [0.05, 0.1) is 11.2 Å². The third kappa shape index (κ3) is 2.91. The molecule has 0 saturated heterocycles. The van der Waals surface area contributed by atoms with E-state index in [9.17, 15) is 0 Å². The van der Waals surface area contributed by atoms with Gasteiger partial charge in [-0.05, 0) is 12.1 Å². The maximum atomic E-state index is 5.94. The lowest BCUT2D eigenvalue weighted by molar-refractivity contribution is 0.463. The molecular weight excluding hydrogens is 284 g/mol. The number of nitrogen functional groups attached to an aromatic ring is 1. The number of ether oxygens (including phenoxy) is 1. The monoisotopic (exact) mass is 289 g/mol. The van der Waals surface area contributed by atoms with E-state index in [0.29, 0.717) is 15.8 Å². The number of hydrogen-bond acceptors (Lipinski definition) is 4. The molecule has 1 aromatic heterocycles. The maximum absolute atomic E-state index is 5.94. The second-order valence-corrected chi connectivity index (χ2v) is 4.31. The molecule has 0 spiro atoms. The van der Waals surface area contributed by atoms with Crippen LogP contribution in [0.25, 0.3) is 0 Å². The lowest BCUT2D eigenvalue weighted by atomic mass is 10.3. The van der Waals surface area contributed by atoms with Crippen molar-refractivity contribution in [3.05, 3.63) is 39.5 Å². The summed E-state index contributed by atoms with van der Waals surface area (Å²) in [7, 11) is 0. The molecule has 7 heteroatoms. The summed E-state index contributed by atoms with van der Waals surface area (Å²) in [5.74, 6) is 0.532. The topological polar surface area (TPSA) is 61.0 Å². The number of anilines is 1. The van der Waals surface area contributed by atoms with Gasteiger partial charge >= 0.3 is 0 Å². The van der Waals surface area contributed by atoms with Crippen LogP contribution < -0.4 is 10.5 Å². The van der Waals surface area contributed by atoms with E-state index in [2.05, 4.69) is 9.97 Å². The highest BCUT2D eigenvalue weighted by Crippen LogP contribution is 2.33. The summed E-state index contributed by atoms with van der Waals surface area (Å²) in [5.41, 5.74) is 5.43. The average molecular weight is 291 g/mol. The first-order valence-electron chi connectivity index (χ1n) is 4.47. The summed E-state index contributed by atoms with van der Waals surface area (Å²) in [6.45, 7) is 0. The molecule has 0 bridgehead atoms. The molecule has 2 aromatic rings. The number of aromatic nitrogens is 2. The summed E-state index contributed by atoms with van der Waals surface area (Å²) < 4.78 is 5.42. The molecule has 17 heavy (non-hydrogen) atoms. The first-order chi connectivity index (χ1) is 8.06. The normalized spacial score (nSPS) is 10.3.